The molecule has 1 fully saturated rings. The van der Waals surface area contributed by atoms with Crippen molar-refractivity contribution in [3.8, 4) is 0 Å². The third-order valence-corrected chi connectivity index (χ3v) is 3.61. The predicted molar refractivity (Wildman–Crippen MR) is 82.5 cm³/mol. The summed E-state index contributed by atoms with van der Waals surface area (Å²) in [5.74, 6) is 0.550. The van der Waals surface area contributed by atoms with Crippen LogP contribution in [0.3, 0.4) is 0 Å². The van der Waals surface area contributed by atoms with E-state index in [1.165, 1.54) is 11.1 Å². The number of rotatable bonds is 7. The first kappa shape index (κ1) is 17.4. The molecule has 0 amide bonds. The number of hydrogen-bond acceptors (Lipinski definition) is 3. The molecule has 0 saturated carbocycles. The normalized spacial score (nSPS) is 27.4. The standard InChI is InChI=1S/C17H30O3/c1-13(2)6-5-7-14(3)8-9-19-17-11-15(4)10-16(12-18)20-17/h6,8,15-18H,5,7,9-12H2,1-4H3/b14-8+/t15-,16-,17+/m0/s1. The maximum atomic E-state index is 9.18. The van der Waals surface area contributed by atoms with Crippen LogP contribution in [-0.4, -0.2) is 30.7 Å². The van der Waals surface area contributed by atoms with Crippen molar-refractivity contribution >= 4 is 0 Å². The molecule has 0 aromatic rings. The van der Waals surface area contributed by atoms with Crippen LogP contribution in [0.25, 0.3) is 0 Å². The third-order valence-electron chi connectivity index (χ3n) is 3.61. The van der Waals surface area contributed by atoms with Crippen LogP contribution in [0, 0.1) is 5.92 Å². The summed E-state index contributed by atoms with van der Waals surface area (Å²) in [6, 6.07) is 0. The highest BCUT2D eigenvalue weighted by Crippen LogP contribution is 2.25. The van der Waals surface area contributed by atoms with Crippen LogP contribution in [0.1, 0.15) is 53.4 Å². The minimum Gasteiger partial charge on any atom is -0.394 e. The van der Waals surface area contributed by atoms with E-state index in [2.05, 4.69) is 39.8 Å². The highest BCUT2D eigenvalue weighted by molar-refractivity contribution is 5.02. The summed E-state index contributed by atoms with van der Waals surface area (Å²) in [6.45, 7) is 9.26. The first-order chi connectivity index (χ1) is 9.51. The van der Waals surface area contributed by atoms with E-state index in [0.717, 1.165) is 25.7 Å². The molecule has 3 atom stereocenters. The minimum absolute atomic E-state index is 0.0634. The number of aliphatic hydroxyl groups excluding tert-OH is 1. The van der Waals surface area contributed by atoms with Crippen LogP contribution in [0.5, 0.6) is 0 Å². The Labute approximate surface area is 123 Å². The van der Waals surface area contributed by atoms with Crippen LogP contribution in [-0.2, 0) is 9.47 Å². The van der Waals surface area contributed by atoms with Gasteiger partial charge in [0, 0.05) is 6.42 Å². The number of ether oxygens (including phenoxy) is 2. The Balaban J connectivity index is 2.26. The van der Waals surface area contributed by atoms with E-state index in [4.69, 9.17) is 9.47 Å². The quantitative estimate of drug-likeness (QED) is 0.721. The molecule has 0 unspecified atom stereocenters. The second-order valence-corrected chi connectivity index (χ2v) is 6.15. The number of aliphatic hydroxyl groups is 1. The summed E-state index contributed by atoms with van der Waals surface area (Å²) in [4.78, 5) is 0. The summed E-state index contributed by atoms with van der Waals surface area (Å²) < 4.78 is 11.4. The average Bonchev–Trinajstić information content (AvgIpc) is 2.37. The molecule has 116 valence electrons. The Morgan fingerprint density at radius 1 is 1.25 bits per heavy atom. The summed E-state index contributed by atoms with van der Waals surface area (Å²) in [5, 5.41) is 9.18. The van der Waals surface area contributed by atoms with Gasteiger partial charge in [-0.05, 0) is 46.0 Å². The van der Waals surface area contributed by atoms with Crippen molar-refractivity contribution in [2.45, 2.75) is 65.8 Å². The lowest BCUT2D eigenvalue weighted by Gasteiger charge is -2.32. The van der Waals surface area contributed by atoms with E-state index in [9.17, 15) is 5.11 Å². The van der Waals surface area contributed by atoms with Crippen LogP contribution in [0.4, 0.5) is 0 Å². The fraction of sp³-hybridized carbons (Fsp3) is 0.765. The molecule has 1 rings (SSSR count). The first-order valence-corrected chi connectivity index (χ1v) is 7.68. The molecule has 1 heterocycles. The molecule has 1 N–H and O–H groups in total. The van der Waals surface area contributed by atoms with Crippen molar-refractivity contribution in [3.63, 3.8) is 0 Å². The Bertz CT molecular complexity index is 329. The average molecular weight is 282 g/mol. The van der Waals surface area contributed by atoms with Gasteiger partial charge in [-0.1, -0.05) is 30.2 Å². The van der Waals surface area contributed by atoms with Gasteiger partial charge in [-0.3, -0.25) is 0 Å². The smallest absolute Gasteiger partial charge is 0.158 e. The zero-order chi connectivity index (χ0) is 15.0. The van der Waals surface area contributed by atoms with Crippen molar-refractivity contribution in [1.29, 1.82) is 0 Å². The molecule has 3 nitrogen and oxygen atoms in total. The van der Waals surface area contributed by atoms with E-state index in [1.807, 2.05) is 0 Å². The van der Waals surface area contributed by atoms with Crippen molar-refractivity contribution in [1.82, 2.24) is 0 Å². The van der Waals surface area contributed by atoms with Crippen LogP contribution in [0.15, 0.2) is 23.3 Å². The molecule has 0 aromatic carbocycles. The van der Waals surface area contributed by atoms with E-state index >= 15 is 0 Å². The molecule has 3 heteroatoms. The van der Waals surface area contributed by atoms with Gasteiger partial charge in [0.15, 0.2) is 6.29 Å². The highest BCUT2D eigenvalue weighted by Gasteiger charge is 2.26. The summed E-state index contributed by atoms with van der Waals surface area (Å²) in [6.07, 6.45) is 8.17. The Hall–Kier alpha value is -0.640. The van der Waals surface area contributed by atoms with E-state index < -0.39 is 0 Å². The van der Waals surface area contributed by atoms with Gasteiger partial charge < -0.3 is 14.6 Å². The van der Waals surface area contributed by atoms with Crippen LogP contribution in [0.2, 0.25) is 0 Å². The number of hydrogen-bond donors (Lipinski definition) is 1. The van der Waals surface area contributed by atoms with E-state index in [-0.39, 0.29) is 19.0 Å². The predicted octanol–water partition coefficient (Wildman–Crippen LogP) is 3.83. The minimum atomic E-state index is -0.169. The van der Waals surface area contributed by atoms with Gasteiger partial charge in [-0.15, -0.1) is 0 Å². The zero-order valence-corrected chi connectivity index (χ0v) is 13.4. The fourth-order valence-electron chi connectivity index (χ4n) is 2.41. The Morgan fingerprint density at radius 2 is 2.00 bits per heavy atom. The summed E-state index contributed by atoms with van der Waals surface area (Å²) >= 11 is 0. The Morgan fingerprint density at radius 3 is 2.65 bits per heavy atom. The van der Waals surface area contributed by atoms with Gasteiger partial charge in [0.05, 0.1) is 19.3 Å². The monoisotopic (exact) mass is 282 g/mol. The lowest BCUT2D eigenvalue weighted by molar-refractivity contribution is -0.206. The topological polar surface area (TPSA) is 38.7 Å². The zero-order valence-electron chi connectivity index (χ0n) is 13.4. The summed E-state index contributed by atoms with van der Waals surface area (Å²) in [7, 11) is 0. The van der Waals surface area contributed by atoms with Crippen molar-refractivity contribution in [3.05, 3.63) is 23.3 Å². The second-order valence-electron chi connectivity index (χ2n) is 6.15. The molecule has 0 aliphatic carbocycles. The van der Waals surface area contributed by atoms with Crippen molar-refractivity contribution in [2.24, 2.45) is 5.92 Å². The molecule has 0 spiro atoms. The molecular formula is C17H30O3. The third kappa shape index (κ3) is 7.22. The molecule has 0 bridgehead atoms. The SMILES string of the molecule is CC(C)=CCC/C(C)=C/CO[C@H]1C[C@@H](C)C[C@@H](CO)O1. The van der Waals surface area contributed by atoms with Gasteiger partial charge in [0.25, 0.3) is 0 Å². The maximum Gasteiger partial charge on any atom is 0.158 e. The lowest BCUT2D eigenvalue weighted by Crippen LogP contribution is -2.35. The molecule has 0 radical (unpaired) electrons. The molecule has 1 aliphatic rings. The van der Waals surface area contributed by atoms with Crippen LogP contribution >= 0.6 is 0 Å². The Kier molecular flexibility index (Phi) is 8.12. The summed E-state index contributed by atoms with van der Waals surface area (Å²) in [5.41, 5.74) is 2.72. The van der Waals surface area contributed by atoms with Gasteiger partial charge in [-0.2, -0.15) is 0 Å². The second kappa shape index (κ2) is 9.32. The van der Waals surface area contributed by atoms with Gasteiger partial charge in [0.2, 0.25) is 0 Å². The van der Waals surface area contributed by atoms with Crippen molar-refractivity contribution < 1.29 is 14.6 Å². The lowest BCUT2D eigenvalue weighted by atomic mass is 9.97. The highest BCUT2D eigenvalue weighted by atomic mass is 16.7. The van der Waals surface area contributed by atoms with Crippen molar-refractivity contribution in [2.75, 3.05) is 13.2 Å². The molecule has 20 heavy (non-hydrogen) atoms. The molecule has 1 aliphatic heterocycles. The molecule has 0 aromatic heterocycles. The maximum absolute atomic E-state index is 9.18. The van der Waals surface area contributed by atoms with Gasteiger partial charge in [0.1, 0.15) is 0 Å². The van der Waals surface area contributed by atoms with Gasteiger partial charge >= 0.3 is 0 Å². The molecular weight excluding hydrogens is 252 g/mol. The van der Waals surface area contributed by atoms with Crippen LogP contribution < -0.4 is 0 Å². The number of allylic oxidation sites excluding steroid dienone is 3. The fourth-order valence-corrected chi connectivity index (χ4v) is 2.41. The van der Waals surface area contributed by atoms with Gasteiger partial charge in [-0.25, -0.2) is 0 Å². The van der Waals surface area contributed by atoms with E-state index in [1.54, 1.807) is 0 Å². The largest absolute Gasteiger partial charge is 0.394 e. The first-order valence-electron chi connectivity index (χ1n) is 7.68. The van der Waals surface area contributed by atoms with E-state index in [0.29, 0.717) is 12.5 Å². The molecule has 1 saturated heterocycles.